The van der Waals surface area contributed by atoms with E-state index < -0.39 is 42.2 Å². The van der Waals surface area contributed by atoms with Crippen LogP contribution < -0.4 is 22.1 Å². The van der Waals surface area contributed by atoms with Crippen LogP contribution in [0, 0.1) is 0 Å². The van der Waals surface area contributed by atoms with Gasteiger partial charge in [-0.3, -0.25) is 19.4 Å². The number of imide groups is 1. The van der Waals surface area contributed by atoms with E-state index in [1.54, 1.807) is 24.3 Å². The number of carbonyl (C=O) groups excluding carboxylic acids is 4. The molecule has 42 heavy (non-hydrogen) atoms. The van der Waals surface area contributed by atoms with Crippen LogP contribution in [0.5, 0.6) is 0 Å². The van der Waals surface area contributed by atoms with Gasteiger partial charge in [-0.2, -0.15) is 0 Å². The number of guanidine groups is 1. The summed E-state index contributed by atoms with van der Waals surface area (Å²) in [4.78, 5) is 55.8. The third-order valence-electron chi connectivity index (χ3n) is 6.54. The Kier molecular flexibility index (Phi) is 15.9. The minimum absolute atomic E-state index is 0.0170. The van der Waals surface area contributed by atoms with Crippen LogP contribution in [0.25, 0.3) is 0 Å². The predicted octanol–water partition coefficient (Wildman–Crippen LogP) is 1.93. The second-order valence-electron chi connectivity index (χ2n) is 10.0. The number of ether oxygens (including phenoxy) is 3. The number of unbranched alkanes of at least 4 members (excludes halogenated alkanes) is 2. The SMILES string of the molecule is CCCCOC(OCCCC)[C@H](CCCN=C(N)N)NC(=O)CNC(=O)[C@@H]1CCC(=O)N1C(=O)OCc1ccccc1. The zero-order chi connectivity index (χ0) is 30.7. The van der Waals surface area contributed by atoms with E-state index in [0.29, 0.717) is 32.6 Å². The molecule has 0 unspecified atom stereocenters. The molecule has 4 amide bonds. The van der Waals surface area contributed by atoms with E-state index in [1.165, 1.54) is 0 Å². The van der Waals surface area contributed by atoms with Crippen molar-refractivity contribution in [1.29, 1.82) is 0 Å². The number of nitrogens with one attached hydrogen (secondary N) is 2. The summed E-state index contributed by atoms with van der Waals surface area (Å²) in [5.74, 6) is -1.61. The number of carbonyl (C=O) groups is 4. The Labute approximate surface area is 247 Å². The Bertz CT molecular complexity index is 1010. The molecule has 0 saturated carbocycles. The van der Waals surface area contributed by atoms with E-state index in [2.05, 4.69) is 29.5 Å². The van der Waals surface area contributed by atoms with Gasteiger partial charge >= 0.3 is 6.09 Å². The lowest BCUT2D eigenvalue weighted by Crippen LogP contribution is -2.52. The molecule has 2 rings (SSSR count). The molecule has 1 heterocycles. The van der Waals surface area contributed by atoms with Crippen molar-refractivity contribution in [1.82, 2.24) is 15.5 Å². The van der Waals surface area contributed by atoms with E-state index in [9.17, 15) is 19.2 Å². The zero-order valence-electron chi connectivity index (χ0n) is 24.7. The van der Waals surface area contributed by atoms with Gasteiger partial charge in [-0.05, 0) is 37.7 Å². The Morgan fingerprint density at radius 3 is 2.33 bits per heavy atom. The van der Waals surface area contributed by atoms with Crippen LogP contribution in [-0.4, -0.2) is 79.4 Å². The van der Waals surface area contributed by atoms with Gasteiger partial charge in [-0.25, -0.2) is 9.69 Å². The maximum absolute atomic E-state index is 12.9. The van der Waals surface area contributed by atoms with Gasteiger partial charge in [-0.15, -0.1) is 0 Å². The van der Waals surface area contributed by atoms with Crippen LogP contribution in [0.3, 0.4) is 0 Å². The van der Waals surface area contributed by atoms with Gasteiger partial charge < -0.3 is 36.3 Å². The summed E-state index contributed by atoms with van der Waals surface area (Å²) in [5.41, 5.74) is 11.6. The van der Waals surface area contributed by atoms with E-state index in [0.717, 1.165) is 36.1 Å². The van der Waals surface area contributed by atoms with E-state index in [-0.39, 0.29) is 32.0 Å². The lowest BCUT2D eigenvalue weighted by atomic mass is 10.1. The average molecular weight is 591 g/mol. The first-order valence-corrected chi connectivity index (χ1v) is 14.6. The van der Waals surface area contributed by atoms with Gasteiger partial charge in [0.2, 0.25) is 17.7 Å². The normalized spacial score (nSPS) is 15.4. The molecular weight excluding hydrogens is 544 g/mol. The largest absolute Gasteiger partial charge is 0.444 e. The molecule has 1 fully saturated rings. The van der Waals surface area contributed by atoms with Gasteiger partial charge in [0, 0.05) is 26.2 Å². The number of aliphatic imine (C=N–C) groups is 1. The first kappa shape index (κ1) is 34.5. The van der Waals surface area contributed by atoms with E-state index >= 15 is 0 Å². The maximum atomic E-state index is 12.9. The lowest BCUT2D eigenvalue weighted by Gasteiger charge is -2.28. The van der Waals surface area contributed by atoms with Crippen LogP contribution in [0.4, 0.5) is 4.79 Å². The second-order valence-corrected chi connectivity index (χ2v) is 10.0. The lowest BCUT2D eigenvalue weighted by molar-refractivity contribution is -0.165. The number of benzene rings is 1. The monoisotopic (exact) mass is 590 g/mol. The van der Waals surface area contributed by atoms with Gasteiger partial charge in [0.15, 0.2) is 12.2 Å². The molecule has 0 aliphatic carbocycles. The van der Waals surface area contributed by atoms with Gasteiger partial charge in [0.25, 0.3) is 0 Å². The molecule has 2 atom stereocenters. The summed E-state index contributed by atoms with van der Waals surface area (Å²) >= 11 is 0. The Balaban J connectivity index is 1.98. The smallest absolute Gasteiger partial charge is 0.417 e. The second kappa shape index (κ2) is 19.4. The topological polar surface area (TPSA) is 188 Å². The molecular formula is C29H46N6O7. The first-order chi connectivity index (χ1) is 20.3. The van der Waals surface area contributed by atoms with Crippen molar-refractivity contribution in [2.75, 3.05) is 26.3 Å². The Morgan fingerprint density at radius 1 is 1.05 bits per heavy atom. The van der Waals surface area contributed by atoms with Crippen LogP contribution in [-0.2, 0) is 35.2 Å². The summed E-state index contributed by atoms with van der Waals surface area (Å²) in [6.45, 7) is 5.01. The van der Waals surface area contributed by atoms with Crippen molar-refractivity contribution in [3.63, 3.8) is 0 Å². The standard InChI is InChI=1S/C29H46N6O7/c1-3-5-17-40-27(41-18-6-4-2)22(13-10-16-32-28(30)31)34-24(36)19-33-26(38)23-14-15-25(37)35(23)29(39)42-20-21-11-8-7-9-12-21/h7-9,11-12,22-23,27H,3-6,10,13-20H2,1-2H3,(H,33,38)(H,34,36)(H4,30,31,32)/t22-,23-/m0/s1. The van der Waals surface area contributed by atoms with Crippen LogP contribution in [0.2, 0.25) is 0 Å². The molecule has 1 aromatic rings. The highest BCUT2D eigenvalue weighted by atomic mass is 16.7. The van der Waals surface area contributed by atoms with Crippen LogP contribution in [0.15, 0.2) is 35.3 Å². The molecule has 0 spiro atoms. The molecule has 6 N–H and O–H groups in total. The minimum atomic E-state index is -1.06. The first-order valence-electron chi connectivity index (χ1n) is 14.6. The molecule has 1 aliphatic heterocycles. The number of nitrogens with two attached hydrogens (primary N) is 2. The fraction of sp³-hybridized carbons (Fsp3) is 0.621. The number of hydrogen-bond acceptors (Lipinski definition) is 8. The van der Waals surface area contributed by atoms with Crippen molar-refractivity contribution < 1.29 is 33.4 Å². The quantitative estimate of drug-likeness (QED) is 0.0808. The maximum Gasteiger partial charge on any atom is 0.417 e. The molecule has 13 heteroatoms. The number of nitrogens with zero attached hydrogens (tertiary/aromatic N) is 2. The highest BCUT2D eigenvalue weighted by Crippen LogP contribution is 2.20. The molecule has 1 saturated heterocycles. The van der Waals surface area contributed by atoms with Crippen molar-refractivity contribution in [2.45, 2.75) is 90.2 Å². The summed E-state index contributed by atoms with van der Waals surface area (Å²) in [7, 11) is 0. The fourth-order valence-corrected chi connectivity index (χ4v) is 4.26. The number of rotatable bonds is 19. The van der Waals surface area contributed by atoms with Crippen molar-refractivity contribution in [3.05, 3.63) is 35.9 Å². The third-order valence-corrected chi connectivity index (χ3v) is 6.54. The van der Waals surface area contributed by atoms with Crippen molar-refractivity contribution in [3.8, 4) is 0 Å². The molecule has 13 nitrogen and oxygen atoms in total. The third kappa shape index (κ3) is 12.4. The molecule has 0 radical (unpaired) electrons. The summed E-state index contributed by atoms with van der Waals surface area (Å²) < 4.78 is 17.2. The molecule has 0 aromatic heterocycles. The molecule has 234 valence electrons. The van der Waals surface area contributed by atoms with Gasteiger partial charge in [0.1, 0.15) is 12.6 Å². The van der Waals surface area contributed by atoms with Crippen molar-refractivity contribution in [2.24, 2.45) is 16.5 Å². The summed E-state index contributed by atoms with van der Waals surface area (Å²) in [5, 5.41) is 5.44. The van der Waals surface area contributed by atoms with Crippen molar-refractivity contribution >= 4 is 29.8 Å². The number of likely N-dealkylation sites (tertiary alicyclic amines) is 1. The Hall–Kier alpha value is -3.71. The fourth-order valence-electron chi connectivity index (χ4n) is 4.26. The molecule has 1 aliphatic rings. The number of amides is 4. The van der Waals surface area contributed by atoms with Gasteiger partial charge in [-0.1, -0.05) is 57.0 Å². The average Bonchev–Trinajstić information content (AvgIpc) is 3.37. The van der Waals surface area contributed by atoms with E-state index in [4.69, 9.17) is 25.7 Å². The summed E-state index contributed by atoms with van der Waals surface area (Å²) in [6.07, 6.45) is 3.15. The summed E-state index contributed by atoms with van der Waals surface area (Å²) in [6, 6.07) is 7.42. The Morgan fingerprint density at radius 2 is 1.71 bits per heavy atom. The van der Waals surface area contributed by atoms with Crippen LogP contribution >= 0.6 is 0 Å². The van der Waals surface area contributed by atoms with Gasteiger partial charge in [0.05, 0.1) is 12.6 Å². The highest BCUT2D eigenvalue weighted by Gasteiger charge is 2.41. The van der Waals surface area contributed by atoms with E-state index in [1.807, 2.05) is 6.07 Å². The predicted molar refractivity (Wildman–Crippen MR) is 157 cm³/mol. The number of hydrogen-bond donors (Lipinski definition) is 4. The molecule has 0 bridgehead atoms. The molecule has 1 aromatic carbocycles. The van der Waals surface area contributed by atoms with Crippen LogP contribution in [0.1, 0.15) is 70.8 Å². The minimum Gasteiger partial charge on any atom is -0.444 e. The zero-order valence-corrected chi connectivity index (χ0v) is 24.7. The highest BCUT2D eigenvalue weighted by molar-refractivity contribution is 6.01.